The molecule has 0 aliphatic heterocycles. The number of hydrogen-bond acceptors (Lipinski definition) is 3. The van der Waals surface area contributed by atoms with Crippen LogP contribution < -0.4 is 11.3 Å². The molecule has 0 spiro atoms. The lowest BCUT2D eigenvalue weighted by Crippen LogP contribution is -2.30. The summed E-state index contributed by atoms with van der Waals surface area (Å²) in [6.07, 6.45) is 1.71. The lowest BCUT2D eigenvalue weighted by Gasteiger charge is -2.18. The van der Waals surface area contributed by atoms with Crippen molar-refractivity contribution in [3.8, 4) is 0 Å². The van der Waals surface area contributed by atoms with Gasteiger partial charge in [0, 0.05) is 23.3 Å². The summed E-state index contributed by atoms with van der Waals surface area (Å²) in [4.78, 5) is 0. The highest BCUT2D eigenvalue weighted by Crippen LogP contribution is 2.29. The third-order valence-corrected chi connectivity index (χ3v) is 3.16. The van der Waals surface area contributed by atoms with Gasteiger partial charge in [-0.25, -0.2) is 5.43 Å². The van der Waals surface area contributed by atoms with Crippen molar-refractivity contribution in [3.63, 3.8) is 0 Å². The van der Waals surface area contributed by atoms with Crippen LogP contribution in [0.3, 0.4) is 0 Å². The SMILES string of the molecule is Cn1nccc1C(NN)c1ccc(Cl)cc1Cl. The van der Waals surface area contributed by atoms with Crippen LogP contribution in [0.5, 0.6) is 0 Å². The van der Waals surface area contributed by atoms with E-state index in [0.717, 1.165) is 11.3 Å². The Hall–Kier alpha value is -1.07. The van der Waals surface area contributed by atoms with Gasteiger partial charge in [-0.2, -0.15) is 5.10 Å². The first-order valence-corrected chi connectivity index (χ1v) is 5.78. The van der Waals surface area contributed by atoms with Crippen molar-refractivity contribution in [2.45, 2.75) is 6.04 Å². The Bertz CT molecular complexity index is 524. The molecule has 1 atom stereocenters. The zero-order valence-electron chi connectivity index (χ0n) is 9.19. The minimum atomic E-state index is -0.215. The van der Waals surface area contributed by atoms with Crippen LogP contribution in [0, 0.1) is 0 Å². The van der Waals surface area contributed by atoms with E-state index in [4.69, 9.17) is 29.0 Å². The molecule has 1 heterocycles. The second-order valence-corrected chi connectivity index (χ2v) is 4.49. The Morgan fingerprint density at radius 1 is 1.35 bits per heavy atom. The first kappa shape index (κ1) is 12.4. The van der Waals surface area contributed by atoms with Crippen LogP contribution in [0.25, 0.3) is 0 Å². The van der Waals surface area contributed by atoms with Crippen molar-refractivity contribution < 1.29 is 0 Å². The van der Waals surface area contributed by atoms with Crippen LogP contribution in [0.1, 0.15) is 17.3 Å². The summed E-state index contributed by atoms with van der Waals surface area (Å²) in [5, 5.41) is 5.28. The van der Waals surface area contributed by atoms with Crippen molar-refractivity contribution in [3.05, 3.63) is 51.8 Å². The van der Waals surface area contributed by atoms with E-state index in [1.165, 1.54) is 0 Å². The maximum atomic E-state index is 6.16. The van der Waals surface area contributed by atoms with Crippen molar-refractivity contribution in [2.24, 2.45) is 12.9 Å². The van der Waals surface area contributed by atoms with E-state index in [-0.39, 0.29) is 6.04 Å². The summed E-state index contributed by atoms with van der Waals surface area (Å²) in [6, 6.07) is 6.99. The largest absolute Gasteiger partial charge is 0.271 e. The predicted octanol–water partition coefficient (Wildman–Crippen LogP) is 2.28. The minimum absolute atomic E-state index is 0.215. The Balaban J connectivity index is 2.46. The highest BCUT2D eigenvalue weighted by molar-refractivity contribution is 6.35. The second kappa shape index (κ2) is 5.06. The lowest BCUT2D eigenvalue weighted by atomic mass is 10.0. The first-order chi connectivity index (χ1) is 8.13. The molecule has 17 heavy (non-hydrogen) atoms. The van der Waals surface area contributed by atoms with Crippen LogP contribution in [0.4, 0.5) is 0 Å². The molecule has 0 aliphatic rings. The van der Waals surface area contributed by atoms with Gasteiger partial charge in [0.05, 0.1) is 11.7 Å². The average Bonchev–Trinajstić information content (AvgIpc) is 2.69. The maximum Gasteiger partial charge on any atom is 0.0892 e. The second-order valence-electron chi connectivity index (χ2n) is 3.65. The molecular weight excluding hydrogens is 259 g/mol. The van der Waals surface area contributed by atoms with Gasteiger partial charge < -0.3 is 0 Å². The number of nitrogens with two attached hydrogens (primary N) is 1. The molecule has 1 aromatic heterocycles. The average molecular weight is 271 g/mol. The van der Waals surface area contributed by atoms with Gasteiger partial charge in [-0.05, 0) is 23.8 Å². The maximum absolute atomic E-state index is 6.16. The van der Waals surface area contributed by atoms with E-state index >= 15 is 0 Å². The van der Waals surface area contributed by atoms with Crippen LogP contribution in [-0.2, 0) is 7.05 Å². The number of hydrazine groups is 1. The van der Waals surface area contributed by atoms with Gasteiger partial charge in [-0.15, -0.1) is 0 Å². The highest BCUT2D eigenvalue weighted by Gasteiger charge is 2.18. The van der Waals surface area contributed by atoms with Crippen molar-refractivity contribution >= 4 is 23.2 Å². The number of rotatable bonds is 3. The number of benzene rings is 1. The third kappa shape index (κ3) is 2.45. The standard InChI is InChI=1S/C11H12Cl2N4/c1-17-10(4-5-15-17)11(16-14)8-3-2-7(12)6-9(8)13/h2-6,11,16H,14H2,1H3. The molecule has 6 heteroatoms. The van der Waals surface area contributed by atoms with Crippen LogP contribution >= 0.6 is 23.2 Å². The Morgan fingerprint density at radius 2 is 2.12 bits per heavy atom. The first-order valence-electron chi connectivity index (χ1n) is 5.02. The summed E-state index contributed by atoms with van der Waals surface area (Å²) in [6.45, 7) is 0. The summed E-state index contributed by atoms with van der Waals surface area (Å²) < 4.78 is 1.75. The number of nitrogens with one attached hydrogen (secondary N) is 1. The van der Waals surface area contributed by atoms with E-state index in [1.807, 2.05) is 19.2 Å². The third-order valence-electron chi connectivity index (χ3n) is 2.59. The molecule has 0 aliphatic carbocycles. The molecule has 3 N–H and O–H groups in total. The Morgan fingerprint density at radius 3 is 2.65 bits per heavy atom. The van der Waals surface area contributed by atoms with Crippen molar-refractivity contribution in [2.75, 3.05) is 0 Å². The van der Waals surface area contributed by atoms with E-state index < -0.39 is 0 Å². The molecule has 0 saturated heterocycles. The fraction of sp³-hybridized carbons (Fsp3) is 0.182. The van der Waals surface area contributed by atoms with Crippen molar-refractivity contribution in [1.82, 2.24) is 15.2 Å². The van der Waals surface area contributed by atoms with E-state index in [9.17, 15) is 0 Å². The van der Waals surface area contributed by atoms with Crippen LogP contribution in [0.2, 0.25) is 10.0 Å². The lowest BCUT2D eigenvalue weighted by molar-refractivity contribution is 0.575. The summed E-state index contributed by atoms with van der Waals surface area (Å²) in [7, 11) is 1.85. The normalized spacial score (nSPS) is 12.7. The molecule has 1 unspecified atom stereocenters. The molecule has 2 rings (SSSR count). The number of halogens is 2. The zero-order valence-corrected chi connectivity index (χ0v) is 10.7. The van der Waals surface area contributed by atoms with Crippen LogP contribution in [0.15, 0.2) is 30.5 Å². The number of nitrogens with zero attached hydrogens (tertiary/aromatic N) is 2. The number of aryl methyl sites for hydroxylation is 1. The molecular formula is C11H12Cl2N4. The van der Waals surface area contributed by atoms with Crippen LogP contribution in [-0.4, -0.2) is 9.78 Å². The molecule has 0 amide bonds. The Labute approximate surface area is 109 Å². The molecule has 90 valence electrons. The molecule has 0 radical (unpaired) electrons. The number of aromatic nitrogens is 2. The Kier molecular flexibility index (Phi) is 3.69. The van der Waals surface area contributed by atoms with Gasteiger partial charge in [0.1, 0.15) is 0 Å². The van der Waals surface area contributed by atoms with E-state index in [2.05, 4.69) is 10.5 Å². The van der Waals surface area contributed by atoms with Gasteiger partial charge >= 0.3 is 0 Å². The quantitative estimate of drug-likeness (QED) is 0.665. The molecule has 1 aromatic carbocycles. The molecule has 4 nitrogen and oxygen atoms in total. The predicted molar refractivity (Wildman–Crippen MR) is 68.8 cm³/mol. The zero-order chi connectivity index (χ0) is 12.4. The fourth-order valence-corrected chi connectivity index (χ4v) is 2.25. The van der Waals surface area contributed by atoms with Gasteiger partial charge in [0.15, 0.2) is 0 Å². The molecule has 2 aromatic rings. The summed E-state index contributed by atoms with van der Waals surface area (Å²) >= 11 is 12.0. The van der Waals surface area contributed by atoms with Gasteiger partial charge in [0.2, 0.25) is 0 Å². The molecule has 0 bridgehead atoms. The van der Waals surface area contributed by atoms with Gasteiger partial charge in [-0.1, -0.05) is 29.3 Å². The highest BCUT2D eigenvalue weighted by atomic mass is 35.5. The monoisotopic (exact) mass is 270 g/mol. The summed E-state index contributed by atoms with van der Waals surface area (Å²) in [5.41, 5.74) is 4.52. The minimum Gasteiger partial charge on any atom is -0.271 e. The van der Waals surface area contributed by atoms with Gasteiger partial charge in [0.25, 0.3) is 0 Å². The molecule has 0 fully saturated rings. The topological polar surface area (TPSA) is 55.9 Å². The van der Waals surface area contributed by atoms with E-state index in [1.54, 1.807) is 23.0 Å². The van der Waals surface area contributed by atoms with Crippen molar-refractivity contribution in [1.29, 1.82) is 0 Å². The fourth-order valence-electron chi connectivity index (χ4n) is 1.74. The van der Waals surface area contributed by atoms with Gasteiger partial charge in [-0.3, -0.25) is 10.5 Å². The smallest absolute Gasteiger partial charge is 0.0892 e. The number of hydrogen-bond donors (Lipinski definition) is 2. The van der Waals surface area contributed by atoms with E-state index in [0.29, 0.717) is 10.0 Å². The summed E-state index contributed by atoms with van der Waals surface area (Å²) in [5.74, 6) is 5.59. The molecule has 0 saturated carbocycles.